The van der Waals surface area contributed by atoms with Crippen molar-refractivity contribution in [2.45, 2.75) is 33.2 Å². The number of likely N-dealkylation sites (tertiary alicyclic amines) is 1. The predicted molar refractivity (Wildman–Crippen MR) is 97.3 cm³/mol. The second-order valence-electron chi connectivity index (χ2n) is 7.16. The zero-order valence-corrected chi connectivity index (χ0v) is 14.6. The lowest BCUT2D eigenvalue weighted by Gasteiger charge is -2.31. The van der Waals surface area contributed by atoms with Crippen LogP contribution in [0, 0.1) is 12.8 Å². The molecular formula is C19H27N3O. The van der Waals surface area contributed by atoms with Gasteiger partial charge in [0, 0.05) is 55.0 Å². The minimum atomic E-state index is 0.179. The molecule has 0 amide bonds. The third kappa shape index (κ3) is 3.27. The maximum atomic E-state index is 13.0. The van der Waals surface area contributed by atoms with Gasteiger partial charge in [-0.3, -0.25) is 9.69 Å². The smallest absolute Gasteiger partial charge is 0.194 e. The van der Waals surface area contributed by atoms with E-state index in [0.29, 0.717) is 0 Å². The summed E-state index contributed by atoms with van der Waals surface area (Å²) in [4.78, 5) is 20.9. The number of benzene rings is 1. The van der Waals surface area contributed by atoms with Crippen molar-refractivity contribution >= 4 is 16.6 Å². The molecule has 23 heavy (non-hydrogen) atoms. The van der Waals surface area contributed by atoms with Crippen molar-refractivity contribution in [3.8, 4) is 0 Å². The number of fused-ring (bicyclic) bond motifs is 1. The van der Waals surface area contributed by atoms with Crippen LogP contribution in [-0.4, -0.2) is 37.1 Å². The summed E-state index contributed by atoms with van der Waals surface area (Å²) in [7, 11) is 4.00. The third-order valence-corrected chi connectivity index (χ3v) is 4.94. The Labute approximate surface area is 138 Å². The summed E-state index contributed by atoms with van der Waals surface area (Å²) in [5, 5.41) is 0.793. The van der Waals surface area contributed by atoms with Crippen molar-refractivity contribution < 1.29 is 0 Å². The van der Waals surface area contributed by atoms with E-state index in [4.69, 9.17) is 0 Å². The molecule has 1 aromatic heterocycles. The predicted octanol–water partition coefficient (Wildman–Crippen LogP) is 3.13. The summed E-state index contributed by atoms with van der Waals surface area (Å²) in [5.41, 5.74) is 4.08. The number of aromatic nitrogens is 1. The Morgan fingerprint density at radius 1 is 1.35 bits per heavy atom. The Bertz CT molecular complexity index is 763. The molecule has 1 aromatic carbocycles. The van der Waals surface area contributed by atoms with Crippen molar-refractivity contribution in [2.75, 3.05) is 32.1 Å². The first kappa shape index (κ1) is 16.1. The molecule has 0 bridgehead atoms. The molecule has 3 rings (SSSR count). The fourth-order valence-electron chi connectivity index (χ4n) is 3.56. The van der Waals surface area contributed by atoms with Gasteiger partial charge in [-0.15, -0.1) is 0 Å². The Balaban J connectivity index is 2.00. The van der Waals surface area contributed by atoms with Crippen LogP contribution in [0.5, 0.6) is 0 Å². The highest BCUT2D eigenvalue weighted by molar-refractivity contribution is 5.83. The molecule has 1 aliphatic rings. The number of nitrogens with one attached hydrogen (secondary N) is 1. The van der Waals surface area contributed by atoms with E-state index in [1.165, 1.54) is 12.8 Å². The lowest BCUT2D eigenvalue weighted by Crippen LogP contribution is -2.35. The van der Waals surface area contributed by atoms with Gasteiger partial charge < -0.3 is 9.88 Å². The van der Waals surface area contributed by atoms with Gasteiger partial charge in [-0.1, -0.05) is 6.92 Å². The molecule has 1 saturated heterocycles. The Morgan fingerprint density at radius 2 is 2.13 bits per heavy atom. The number of nitrogens with zero attached hydrogens (tertiary/aromatic N) is 2. The Hall–Kier alpha value is -1.81. The monoisotopic (exact) mass is 313 g/mol. The van der Waals surface area contributed by atoms with Gasteiger partial charge in [0.05, 0.1) is 0 Å². The first-order valence-corrected chi connectivity index (χ1v) is 8.51. The van der Waals surface area contributed by atoms with Gasteiger partial charge in [0.15, 0.2) is 5.43 Å². The van der Waals surface area contributed by atoms with Crippen LogP contribution in [-0.2, 0) is 6.54 Å². The molecule has 1 unspecified atom stereocenters. The topological polar surface area (TPSA) is 39.3 Å². The number of hydrogen-bond donors (Lipinski definition) is 1. The second-order valence-corrected chi connectivity index (χ2v) is 7.16. The molecule has 1 fully saturated rings. The zero-order chi connectivity index (χ0) is 16.6. The number of anilines is 1. The lowest BCUT2D eigenvalue weighted by molar-refractivity contribution is 0.176. The fourth-order valence-corrected chi connectivity index (χ4v) is 3.56. The van der Waals surface area contributed by atoms with Crippen molar-refractivity contribution in [3.05, 3.63) is 39.7 Å². The molecule has 1 N–H and O–H groups in total. The van der Waals surface area contributed by atoms with E-state index < -0.39 is 0 Å². The molecule has 2 heterocycles. The number of rotatable bonds is 3. The van der Waals surface area contributed by atoms with E-state index in [-0.39, 0.29) is 5.43 Å². The van der Waals surface area contributed by atoms with Crippen LogP contribution in [0.15, 0.2) is 23.0 Å². The first-order chi connectivity index (χ1) is 11.0. The normalized spacial score (nSPS) is 19.2. The zero-order valence-electron chi connectivity index (χ0n) is 14.6. The third-order valence-electron chi connectivity index (χ3n) is 4.94. The molecular weight excluding hydrogens is 286 g/mol. The largest absolute Gasteiger partial charge is 0.378 e. The van der Waals surface area contributed by atoms with Crippen LogP contribution in [0.3, 0.4) is 0 Å². The molecule has 4 nitrogen and oxygen atoms in total. The van der Waals surface area contributed by atoms with Gasteiger partial charge in [-0.05, 0) is 50.4 Å². The van der Waals surface area contributed by atoms with Gasteiger partial charge in [-0.2, -0.15) is 0 Å². The molecule has 0 radical (unpaired) electrons. The molecule has 0 aliphatic carbocycles. The maximum Gasteiger partial charge on any atom is 0.194 e. The highest BCUT2D eigenvalue weighted by atomic mass is 16.1. The first-order valence-electron chi connectivity index (χ1n) is 8.51. The van der Waals surface area contributed by atoms with Crippen LogP contribution in [0.25, 0.3) is 10.9 Å². The maximum absolute atomic E-state index is 13.0. The van der Waals surface area contributed by atoms with Crippen molar-refractivity contribution in [2.24, 2.45) is 5.92 Å². The molecule has 0 spiro atoms. The van der Waals surface area contributed by atoms with Gasteiger partial charge >= 0.3 is 0 Å². The molecule has 2 aromatic rings. The number of aromatic amines is 1. The van der Waals surface area contributed by atoms with Crippen LogP contribution in [0.4, 0.5) is 5.69 Å². The van der Waals surface area contributed by atoms with E-state index in [2.05, 4.69) is 16.8 Å². The van der Waals surface area contributed by atoms with Gasteiger partial charge in [0.25, 0.3) is 0 Å². The van der Waals surface area contributed by atoms with Crippen molar-refractivity contribution in [1.29, 1.82) is 0 Å². The SMILES string of the molecule is Cc1[nH]c2ccc(N(C)C)cc2c(=O)c1CN1CCCC(C)C1. The fraction of sp³-hybridized carbons (Fsp3) is 0.526. The van der Waals surface area contributed by atoms with Gasteiger partial charge in [0.1, 0.15) is 0 Å². The summed E-state index contributed by atoms with van der Waals surface area (Å²) in [6.07, 6.45) is 2.53. The van der Waals surface area contributed by atoms with E-state index in [1.54, 1.807) is 0 Å². The Kier molecular flexibility index (Phi) is 4.44. The lowest BCUT2D eigenvalue weighted by atomic mass is 9.99. The number of piperidine rings is 1. The van der Waals surface area contributed by atoms with Crippen LogP contribution >= 0.6 is 0 Å². The molecule has 1 aliphatic heterocycles. The summed E-state index contributed by atoms with van der Waals surface area (Å²) in [6.45, 7) is 7.26. The average molecular weight is 313 g/mol. The summed E-state index contributed by atoms with van der Waals surface area (Å²) in [5.74, 6) is 0.726. The van der Waals surface area contributed by atoms with E-state index >= 15 is 0 Å². The molecule has 0 saturated carbocycles. The number of aryl methyl sites for hydroxylation is 1. The average Bonchev–Trinajstić information content (AvgIpc) is 2.51. The molecule has 1 atom stereocenters. The molecule has 124 valence electrons. The summed E-state index contributed by atoms with van der Waals surface area (Å²) >= 11 is 0. The number of pyridine rings is 1. The van der Waals surface area contributed by atoms with Crippen molar-refractivity contribution in [1.82, 2.24) is 9.88 Å². The van der Waals surface area contributed by atoms with Crippen LogP contribution < -0.4 is 10.3 Å². The summed E-state index contributed by atoms with van der Waals surface area (Å²) in [6, 6.07) is 6.05. The molecule has 4 heteroatoms. The summed E-state index contributed by atoms with van der Waals surface area (Å²) < 4.78 is 0. The van der Waals surface area contributed by atoms with E-state index in [0.717, 1.165) is 53.4 Å². The Morgan fingerprint density at radius 3 is 2.83 bits per heavy atom. The minimum Gasteiger partial charge on any atom is -0.378 e. The standard InChI is InChI=1S/C19H27N3O/c1-13-6-5-9-22(11-13)12-17-14(2)20-18-8-7-15(21(3)4)10-16(18)19(17)23/h7-8,10,13H,5-6,9,11-12H2,1-4H3,(H,20,23). The highest BCUT2D eigenvalue weighted by Crippen LogP contribution is 2.21. The van der Waals surface area contributed by atoms with Gasteiger partial charge in [0.2, 0.25) is 0 Å². The van der Waals surface area contributed by atoms with Gasteiger partial charge in [-0.25, -0.2) is 0 Å². The minimum absolute atomic E-state index is 0.179. The van der Waals surface area contributed by atoms with Crippen molar-refractivity contribution in [3.63, 3.8) is 0 Å². The van der Waals surface area contributed by atoms with Crippen LogP contribution in [0.1, 0.15) is 31.0 Å². The van der Waals surface area contributed by atoms with E-state index in [9.17, 15) is 4.79 Å². The van der Waals surface area contributed by atoms with E-state index in [1.807, 2.05) is 44.1 Å². The highest BCUT2D eigenvalue weighted by Gasteiger charge is 2.19. The number of hydrogen-bond acceptors (Lipinski definition) is 3. The number of H-pyrrole nitrogens is 1. The van der Waals surface area contributed by atoms with Crippen LogP contribution in [0.2, 0.25) is 0 Å². The quantitative estimate of drug-likeness (QED) is 0.946. The second kappa shape index (κ2) is 6.36.